The standard InChI is InChI=1S/C34H35N3O8/c1-23-21-36(32(40)35-31(23)39)30-20-33(37(41)42,19-18-24(2)38)29(45-30)22-44-34(25-10-6-4-7-11-25,26-12-8-5-9-13-26)27-14-16-28(43-3)17-15-27/h4-17,21,29-30H,18-20,22H2,1-3H3,(H,35,39,40)/t29-,30-,33-/m1/s1. The number of ether oxygens (including phenoxy) is 3. The van der Waals surface area contributed by atoms with E-state index >= 15 is 0 Å². The topological polar surface area (TPSA) is 143 Å². The largest absolute Gasteiger partial charge is 0.497 e. The van der Waals surface area contributed by atoms with Crippen molar-refractivity contribution in [3.63, 3.8) is 0 Å². The van der Waals surface area contributed by atoms with Crippen molar-refractivity contribution in [3.8, 4) is 5.75 Å². The number of aromatic amines is 1. The number of H-pyrrole nitrogens is 1. The van der Waals surface area contributed by atoms with Crippen LogP contribution in [0.3, 0.4) is 0 Å². The fraction of sp³-hybridized carbons (Fsp3) is 0.324. The predicted molar refractivity (Wildman–Crippen MR) is 166 cm³/mol. The van der Waals surface area contributed by atoms with Crippen LogP contribution in [0.15, 0.2) is 101 Å². The molecular formula is C34H35N3O8. The Kier molecular flexibility index (Phi) is 9.12. The molecule has 1 N–H and O–H groups in total. The summed E-state index contributed by atoms with van der Waals surface area (Å²) in [5, 5.41) is 12.9. The van der Waals surface area contributed by atoms with Gasteiger partial charge in [-0.15, -0.1) is 0 Å². The number of hydrogen-bond acceptors (Lipinski definition) is 8. The van der Waals surface area contributed by atoms with Crippen LogP contribution in [0, 0.1) is 17.0 Å². The van der Waals surface area contributed by atoms with Gasteiger partial charge in [0, 0.05) is 29.5 Å². The first-order chi connectivity index (χ1) is 21.6. The fourth-order valence-corrected chi connectivity index (χ4v) is 6.02. The number of Topliss-reactive ketones (excluding diaryl/α,β-unsaturated/α-hetero) is 1. The number of nitrogens with zero attached hydrogens (tertiary/aromatic N) is 2. The molecule has 1 aliphatic heterocycles. The van der Waals surface area contributed by atoms with E-state index in [9.17, 15) is 24.5 Å². The molecule has 1 aromatic heterocycles. The molecule has 11 nitrogen and oxygen atoms in total. The van der Waals surface area contributed by atoms with E-state index in [0.717, 1.165) is 21.3 Å². The molecule has 1 saturated heterocycles. The lowest BCUT2D eigenvalue weighted by Crippen LogP contribution is -2.50. The molecule has 3 atom stereocenters. The van der Waals surface area contributed by atoms with Gasteiger partial charge in [-0.1, -0.05) is 72.8 Å². The Balaban J connectivity index is 1.64. The normalized spacial score (nSPS) is 19.7. The minimum Gasteiger partial charge on any atom is -0.497 e. The van der Waals surface area contributed by atoms with Gasteiger partial charge >= 0.3 is 5.69 Å². The van der Waals surface area contributed by atoms with Crippen LogP contribution >= 0.6 is 0 Å². The van der Waals surface area contributed by atoms with Crippen molar-refractivity contribution in [3.05, 3.63) is 144 Å². The summed E-state index contributed by atoms with van der Waals surface area (Å²) in [5.74, 6) is 0.437. The molecule has 1 fully saturated rings. The average molecular weight is 614 g/mol. The highest BCUT2D eigenvalue weighted by Gasteiger charge is 2.60. The van der Waals surface area contributed by atoms with Gasteiger partial charge in [-0.05, 0) is 42.7 Å². The Morgan fingerprint density at radius 3 is 2.13 bits per heavy atom. The third kappa shape index (κ3) is 6.09. The number of aryl methyl sites for hydroxylation is 1. The van der Waals surface area contributed by atoms with Gasteiger partial charge < -0.3 is 19.0 Å². The summed E-state index contributed by atoms with van der Waals surface area (Å²) in [7, 11) is 1.58. The lowest BCUT2D eigenvalue weighted by molar-refractivity contribution is -0.577. The molecule has 0 spiro atoms. The maximum absolute atomic E-state index is 12.9. The first-order valence-corrected chi connectivity index (χ1v) is 14.6. The lowest BCUT2D eigenvalue weighted by atomic mass is 9.79. The van der Waals surface area contributed by atoms with Gasteiger partial charge in [0.05, 0.1) is 20.1 Å². The molecule has 11 heteroatoms. The number of rotatable bonds is 12. The van der Waals surface area contributed by atoms with Crippen molar-refractivity contribution in [2.45, 2.75) is 56.6 Å². The highest BCUT2D eigenvalue weighted by Crippen LogP contribution is 2.45. The molecule has 0 aliphatic carbocycles. The third-order valence-corrected chi connectivity index (χ3v) is 8.49. The number of carbonyl (C=O) groups is 1. The van der Waals surface area contributed by atoms with E-state index in [-0.39, 0.29) is 37.2 Å². The Labute approximate surface area is 259 Å². The molecule has 0 radical (unpaired) electrons. The summed E-state index contributed by atoms with van der Waals surface area (Å²) < 4.78 is 19.8. The third-order valence-electron chi connectivity index (χ3n) is 8.49. The first-order valence-electron chi connectivity index (χ1n) is 14.6. The van der Waals surface area contributed by atoms with E-state index in [1.54, 1.807) is 7.11 Å². The number of hydrogen-bond donors (Lipinski definition) is 1. The van der Waals surface area contributed by atoms with Crippen LogP contribution in [0.4, 0.5) is 0 Å². The van der Waals surface area contributed by atoms with Gasteiger partial charge in [0.25, 0.3) is 11.1 Å². The molecule has 1 aliphatic rings. The highest BCUT2D eigenvalue weighted by atomic mass is 16.6. The summed E-state index contributed by atoms with van der Waals surface area (Å²) in [6.07, 6.45) is -1.31. The van der Waals surface area contributed by atoms with E-state index < -0.39 is 39.6 Å². The fourth-order valence-electron chi connectivity index (χ4n) is 6.02. The van der Waals surface area contributed by atoms with Gasteiger partial charge in [0.2, 0.25) is 0 Å². The monoisotopic (exact) mass is 613 g/mol. The highest BCUT2D eigenvalue weighted by molar-refractivity contribution is 5.75. The number of nitrogens with one attached hydrogen (secondary N) is 1. The maximum atomic E-state index is 12.9. The molecule has 45 heavy (non-hydrogen) atoms. The van der Waals surface area contributed by atoms with Crippen LogP contribution in [-0.2, 0) is 19.9 Å². The smallest absolute Gasteiger partial charge is 0.330 e. The zero-order valence-corrected chi connectivity index (χ0v) is 25.3. The van der Waals surface area contributed by atoms with Gasteiger partial charge in [-0.25, -0.2) is 4.79 Å². The summed E-state index contributed by atoms with van der Waals surface area (Å²) in [6, 6.07) is 26.5. The number of benzene rings is 3. The van der Waals surface area contributed by atoms with Crippen molar-refractivity contribution in [1.82, 2.24) is 9.55 Å². The summed E-state index contributed by atoms with van der Waals surface area (Å²) in [5.41, 5.74) is -1.75. The van der Waals surface area contributed by atoms with Crippen LogP contribution < -0.4 is 16.0 Å². The van der Waals surface area contributed by atoms with Crippen LogP contribution in [0.25, 0.3) is 0 Å². The minimum absolute atomic E-state index is 0.0614. The van der Waals surface area contributed by atoms with E-state index in [2.05, 4.69) is 4.98 Å². The Hall–Kier alpha value is -4.87. The molecular weight excluding hydrogens is 578 g/mol. The summed E-state index contributed by atoms with van der Waals surface area (Å²) >= 11 is 0. The van der Waals surface area contributed by atoms with E-state index in [1.807, 2.05) is 84.9 Å². The zero-order valence-electron chi connectivity index (χ0n) is 25.3. The van der Waals surface area contributed by atoms with E-state index in [0.29, 0.717) is 5.75 Å². The molecule has 234 valence electrons. The predicted octanol–water partition coefficient (Wildman–Crippen LogP) is 4.53. The number of nitro groups is 1. The minimum atomic E-state index is -1.77. The Morgan fingerprint density at radius 1 is 1.02 bits per heavy atom. The zero-order chi connectivity index (χ0) is 32.2. The SMILES string of the molecule is COc1ccc(C(OC[C@H]2O[C@@H](n3cc(C)c(=O)[nH]c3=O)C[C@@]2(CCC(C)=O)[N+](=O)[O-])(c2ccccc2)c2ccccc2)cc1. The molecule has 2 heterocycles. The van der Waals surface area contributed by atoms with Crippen molar-refractivity contribution >= 4 is 5.78 Å². The molecule has 0 unspecified atom stereocenters. The van der Waals surface area contributed by atoms with Crippen LogP contribution in [-0.4, -0.2) is 45.6 Å². The molecule has 0 saturated carbocycles. The lowest BCUT2D eigenvalue weighted by Gasteiger charge is -2.37. The Bertz CT molecular complexity index is 1730. The number of carbonyl (C=O) groups excluding carboxylic acids is 1. The van der Waals surface area contributed by atoms with Gasteiger partial charge in [0.1, 0.15) is 23.4 Å². The molecule has 0 bridgehead atoms. The molecule has 5 rings (SSSR count). The number of methoxy groups -OCH3 is 1. The second-order valence-electron chi connectivity index (χ2n) is 11.3. The summed E-state index contributed by atoms with van der Waals surface area (Å²) in [4.78, 5) is 51.7. The van der Waals surface area contributed by atoms with Crippen molar-refractivity contribution in [2.24, 2.45) is 0 Å². The van der Waals surface area contributed by atoms with Crippen molar-refractivity contribution < 1.29 is 23.9 Å². The van der Waals surface area contributed by atoms with Gasteiger partial charge in [-0.3, -0.25) is 24.5 Å². The van der Waals surface area contributed by atoms with E-state index in [4.69, 9.17) is 14.2 Å². The Morgan fingerprint density at radius 2 is 1.60 bits per heavy atom. The molecule has 3 aromatic carbocycles. The van der Waals surface area contributed by atoms with Crippen molar-refractivity contribution in [1.29, 1.82) is 0 Å². The molecule has 0 amide bonds. The van der Waals surface area contributed by atoms with Crippen LogP contribution in [0.2, 0.25) is 0 Å². The maximum Gasteiger partial charge on any atom is 0.330 e. The van der Waals surface area contributed by atoms with Crippen LogP contribution in [0.1, 0.15) is 54.7 Å². The molecule has 4 aromatic rings. The van der Waals surface area contributed by atoms with E-state index in [1.165, 1.54) is 20.0 Å². The summed E-state index contributed by atoms with van der Waals surface area (Å²) in [6.45, 7) is 2.65. The average Bonchev–Trinajstić information content (AvgIpc) is 3.43. The number of aromatic nitrogens is 2. The van der Waals surface area contributed by atoms with Gasteiger partial charge in [0.15, 0.2) is 6.10 Å². The van der Waals surface area contributed by atoms with Crippen molar-refractivity contribution in [2.75, 3.05) is 13.7 Å². The second-order valence-corrected chi connectivity index (χ2v) is 11.3. The van der Waals surface area contributed by atoms with Gasteiger partial charge in [-0.2, -0.15) is 0 Å². The number of ketones is 1. The van der Waals surface area contributed by atoms with Crippen LogP contribution in [0.5, 0.6) is 5.75 Å². The quantitative estimate of drug-likeness (QED) is 0.139. The second kappa shape index (κ2) is 13.0. The first kappa shape index (κ1) is 31.6.